The van der Waals surface area contributed by atoms with E-state index >= 15 is 0 Å². The lowest BCUT2D eigenvalue weighted by Crippen LogP contribution is -2.28. The van der Waals surface area contributed by atoms with Crippen LogP contribution in [-0.4, -0.2) is 29.6 Å². The first-order valence-electron chi connectivity index (χ1n) is 12.3. The third-order valence-corrected chi connectivity index (χ3v) is 7.33. The number of carbonyl (C=O) groups excluding carboxylic acids is 1. The first kappa shape index (κ1) is 22.9. The summed E-state index contributed by atoms with van der Waals surface area (Å²) in [5, 5.41) is 1.14. The number of hydrogen-bond acceptors (Lipinski definition) is 3. The van der Waals surface area contributed by atoms with Gasteiger partial charge in [0.15, 0.2) is 0 Å². The van der Waals surface area contributed by atoms with Gasteiger partial charge < -0.3 is 18.9 Å². The molecule has 0 bridgehead atoms. The zero-order valence-corrected chi connectivity index (χ0v) is 21.1. The fraction of sp³-hybridized carbons (Fsp3) is 0.156. The molecule has 0 spiro atoms. The van der Waals surface area contributed by atoms with Crippen LogP contribution in [0.3, 0.4) is 0 Å². The van der Waals surface area contributed by atoms with Crippen molar-refractivity contribution < 1.29 is 14.3 Å². The Morgan fingerprint density at radius 3 is 2.30 bits per heavy atom. The molecule has 0 fully saturated rings. The highest BCUT2D eigenvalue weighted by Crippen LogP contribution is 2.47. The van der Waals surface area contributed by atoms with E-state index in [4.69, 9.17) is 9.47 Å². The van der Waals surface area contributed by atoms with Crippen LogP contribution in [-0.2, 0) is 13.6 Å². The molecule has 1 aromatic heterocycles. The van der Waals surface area contributed by atoms with E-state index in [-0.39, 0.29) is 11.9 Å². The summed E-state index contributed by atoms with van der Waals surface area (Å²) < 4.78 is 13.1. The van der Waals surface area contributed by atoms with Gasteiger partial charge in [-0.2, -0.15) is 0 Å². The second-order valence-electron chi connectivity index (χ2n) is 9.34. The Kier molecular flexibility index (Phi) is 5.68. The van der Waals surface area contributed by atoms with Gasteiger partial charge in [0.25, 0.3) is 5.91 Å². The molecular weight excluding hydrogens is 460 g/mol. The van der Waals surface area contributed by atoms with Crippen LogP contribution in [0.15, 0.2) is 97.1 Å². The summed E-state index contributed by atoms with van der Waals surface area (Å²) in [5.41, 5.74) is 7.21. The van der Waals surface area contributed by atoms with Gasteiger partial charge >= 0.3 is 0 Å². The minimum Gasteiger partial charge on any atom is -0.497 e. The van der Waals surface area contributed by atoms with E-state index in [0.29, 0.717) is 6.54 Å². The lowest BCUT2D eigenvalue weighted by molar-refractivity contribution is 0.0737. The summed E-state index contributed by atoms with van der Waals surface area (Å²) in [5.74, 6) is 1.64. The maximum atomic E-state index is 13.9. The Bertz CT molecular complexity index is 1620. The molecule has 184 valence electrons. The smallest absolute Gasteiger partial charge is 0.255 e. The maximum Gasteiger partial charge on any atom is 0.255 e. The number of rotatable bonds is 6. The molecule has 0 aliphatic carbocycles. The Morgan fingerprint density at radius 2 is 1.51 bits per heavy atom. The zero-order valence-electron chi connectivity index (χ0n) is 21.1. The molecule has 1 atom stereocenters. The first-order valence-corrected chi connectivity index (χ1v) is 12.3. The standard InChI is InChI=1S/C32H28N2O3/c1-33-28-14-7-6-13-27(28)29(30(33)22-9-8-10-24(19-22)37-3)31-25-11-4-5-12-26(25)32(35)34(31)20-21-15-17-23(36-2)18-16-21/h4-19,31H,20H2,1-3H3. The Hall–Kier alpha value is -4.51. The van der Waals surface area contributed by atoms with Crippen molar-refractivity contribution in [3.63, 3.8) is 0 Å². The number of nitrogens with zero attached hydrogens (tertiary/aromatic N) is 2. The van der Waals surface area contributed by atoms with Gasteiger partial charge in [0.2, 0.25) is 0 Å². The van der Waals surface area contributed by atoms with E-state index in [2.05, 4.69) is 54.1 Å². The summed E-state index contributed by atoms with van der Waals surface area (Å²) in [7, 11) is 5.44. The lowest BCUT2D eigenvalue weighted by atomic mass is 9.93. The predicted octanol–water partition coefficient (Wildman–Crippen LogP) is 6.61. The third-order valence-electron chi connectivity index (χ3n) is 7.33. The SMILES string of the molecule is COc1ccc(CN2C(=O)c3ccccc3C2c2c(-c3cccc(OC)c3)n(C)c3ccccc23)cc1. The quantitative estimate of drug-likeness (QED) is 0.270. The van der Waals surface area contributed by atoms with Crippen LogP contribution in [0, 0.1) is 0 Å². The van der Waals surface area contributed by atoms with Crippen LogP contribution < -0.4 is 9.47 Å². The number of methoxy groups -OCH3 is 2. The third kappa shape index (κ3) is 3.75. The minimum atomic E-state index is -0.238. The van der Waals surface area contributed by atoms with Crippen molar-refractivity contribution >= 4 is 16.8 Å². The summed E-state index contributed by atoms with van der Waals surface area (Å²) in [4.78, 5) is 15.9. The molecule has 0 N–H and O–H groups in total. The van der Waals surface area contributed by atoms with Crippen LogP contribution in [0.1, 0.15) is 33.1 Å². The van der Waals surface area contributed by atoms with E-state index in [1.165, 1.54) is 0 Å². The highest BCUT2D eigenvalue weighted by molar-refractivity contribution is 6.02. The van der Waals surface area contributed by atoms with Crippen molar-refractivity contribution in [3.05, 3.63) is 119 Å². The highest BCUT2D eigenvalue weighted by atomic mass is 16.5. The molecule has 0 saturated carbocycles. The number of para-hydroxylation sites is 1. The number of hydrogen-bond donors (Lipinski definition) is 0. The average Bonchev–Trinajstić information content (AvgIpc) is 3.39. The molecule has 0 saturated heterocycles. The highest BCUT2D eigenvalue weighted by Gasteiger charge is 2.40. The van der Waals surface area contributed by atoms with E-state index in [1.54, 1.807) is 14.2 Å². The van der Waals surface area contributed by atoms with Crippen molar-refractivity contribution in [3.8, 4) is 22.8 Å². The fourth-order valence-corrected chi connectivity index (χ4v) is 5.59. The van der Waals surface area contributed by atoms with Gasteiger partial charge in [-0.1, -0.05) is 60.7 Å². The second-order valence-corrected chi connectivity index (χ2v) is 9.34. The van der Waals surface area contributed by atoms with Gasteiger partial charge in [-0.15, -0.1) is 0 Å². The lowest BCUT2D eigenvalue weighted by Gasteiger charge is -2.27. The molecule has 1 aliphatic heterocycles. The van der Waals surface area contributed by atoms with E-state index < -0.39 is 0 Å². The van der Waals surface area contributed by atoms with Crippen molar-refractivity contribution in [2.45, 2.75) is 12.6 Å². The summed E-state index contributed by atoms with van der Waals surface area (Å²) in [6.45, 7) is 0.489. The molecule has 37 heavy (non-hydrogen) atoms. The van der Waals surface area contributed by atoms with Crippen molar-refractivity contribution in [2.75, 3.05) is 14.2 Å². The number of aryl methyl sites for hydroxylation is 1. The molecule has 5 aromatic rings. The number of ether oxygens (including phenoxy) is 2. The van der Waals surface area contributed by atoms with E-state index in [9.17, 15) is 4.79 Å². The van der Waals surface area contributed by atoms with Gasteiger partial charge in [0.05, 0.1) is 26.0 Å². The van der Waals surface area contributed by atoms with Crippen LogP contribution in [0.5, 0.6) is 11.5 Å². The maximum absolute atomic E-state index is 13.9. The monoisotopic (exact) mass is 488 g/mol. The molecule has 5 nitrogen and oxygen atoms in total. The topological polar surface area (TPSA) is 43.7 Å². The van der Waals surface area contributed by atoms with Crippen molar-refractivity contribution in [1.82, 2.24) is 9.47 Å². The molecular formula is C32H28N2O3. The molecule has 4 aromatic carbocycles. The summed E-state index contributed by atoms with van der Waals surface area (Å²) in [6.07, 6.45) is 0. The van der Waals surface area contributed by atoms with Gasteiger partial charge in [-0.3, -0.25) is 4.79 Å². The van der Waals surface area contributed by atoms with Gasteiger partial charge in [-0.25, -0.2) is 0 Å². The number of aromatic nitrogens is 1. The molecule has 5 heteroatoms. The zero-order chi connectivity index (χ0) is 25.5. The summed E-state index contributed by atoms with van der Waals surface area (Å²) in [6, 6.07) is 32.2. The molecule has 1 aliphatic rings. The van der Waals surface area contributed by atoms with Gasteiger partial charge in [0, 0.05) is 41.2 Å². The number of fused-ring (bicyclic) bond motifs is 2. The molecule has 1 unspecified atom stereocenters. The van der Waals surface area contributed by atoms with Crippen LogP contribution in [0.2, 0.25) is 0 Å². The number of benzene rings is 4. The first-order chi connectivity index (χ1) is 18.1. The Balaban J connectivity index is 1.59. The number of amides is 1. The van der Waals surface area contributed by atoms with Crippen LogP contribution in [0.25, 0.3) is 22.2 Å². The van der Waals surface area contributed by atoms with Gasteiger partial charge in [0.1, 0.15) is 11.5 Å². The minimum absolute atomic E-state index is 0.0425. The molecule has 2 heterocycles. The average molecular weight is 489 g/mol. The van der Waals surface area contributed by atoms with Crippen molar-refractivity contribution in [2.24, 2.45) is 7.05 Å². The van der Waals surface area contributed by atoms with Gasteiger partial charge in [-0.05, 0) is 47.5 Å². The van der Waals surface area contributed by atoms with Crippen LogP contribution >= 0.6 is 0 Å². The predicted molar refractivity (Wildman–Crippen MR) is 146 cm³/mol. The number of carbonyl (C=O) groups is 1. The molecule has 0 radical (unpaired) electrons. The van der Waals surface area contributed by atoms with Crippen molar-refractivity contribution in [1.29, 1.82) is 0 Å². The van der Waals surface area contributed by atoms with E-state index in [1.807, 2.05) is 59.5 Å². The Morgan fingerprint density at radius 1 is 0.784 bits per heavy atom. The molecule has 1 amide bonds. The summed E-state index contributed by atoms with van der Waals surface area (Å²) >= 11 is 0. The Labute approximate surface area is 216 Å². The molecule has 6 rings (SSSR count). The normalized spacial score (nSPS) is 14.7. The fourth-order valence-electron chi connectivity index (χ4n) is 5.59. The largest absolute Gasteiger partial charge is 0.497 e. The second kappa shape index (κ2) is 9.17. The van der Waals surface area contributed by atoms with E-state index in [0.717, 1.165) is 55.9 Å². The van der Waals surface area contributed by atoms with Crippen LogP contribution in [0.4, 0.5) is 0 Å².